The van der Waals surface area contributed by atoms with E-state index in [0.717, 1.165) is 12.0 Å². The van der Waals surface area contributed by atoms with Crippen LogP contribution < -0.4 is 10.6 Å². The van der Waals surface area contributed by atoms with E-state index in [1.165, 1.54) is 24.3 Å². The largest absolute Gasteiger partial charge is 0.352 e. The van der Waals surface area contributed by atoms with E-state index in [0.29, 0.717) is 23.4 Å². The minimum Gasteiger partial charge on any atom is -0.352 e. The van der Waals surface area contributed by atoms with Gasteiger partial charge in [0, 0.05) is 12.1 Å². The van der Waals surface area contributed by atoms with Crippen LogP contribution in [0.15, 0.2) is 78.9 Å². The van der Waals surface area contributed by atoms with Crippen molar-refractivity contribution in [1.82, 2.24) is 5.32 Å². The van der Waals surface area contributed by atoms with Gasteiger partial charge >= 0.3 is 0 Å². The minimum atomic E-state index is -0.412. The Kier molecular flexibility index (Phi) is 5.94. The molecule has 0 saturated carbocycles. The Morgan fingerprint density at radius 3 is 2.19 bits per heavy atom. The van der Waals surface area contributed by atoms with Crippen molar-refractivity contribution in [2.45, 2.75) is 6.42 Å². The third-order valence-corrected chi connectivity index (χ3v) is 4.07. The molecule has 0 radical (unpaired) electrons. The van der Waals surface area contributed by atoms with Crippen LogP contribution in [0.2, 0.25) is 0 Å². The second-order valence-corrected chi connectivity index (χ2v) is 6.00. The van der Waals surface area contributed by atoms with Crippen molar-refractivity contribution in [2.75, 3.05) is 11.9 Å². The van der Waals surface area contributed by atoms with Crippen molar-refractivity contribution in [3.63, 3.8) is 0 Å². The lowest BCUT2D eigenvalue weighted by Gasteiger charge is -2.11. The first-order chi connectivity index (χ1) is 13.1. The van der Waals surface area contributed by atoms with E-state index in [1.54, 1.807) is 24.3 Å². The molecule has 0 aliphatic heterocycles. The van der Waals surface area contributed by atoms with E-state index in [1.807, 2.05) is 30.3 Å². The highest BCUT2D eigenvalue weighted by atomic mass is 19.1. The number of nitrogens with one attached hydrogen (secondary N) is 2. The summed E-state index contributed by atoms with van der Waals surface area (Å²) in [6, 6.07) is 21.9. The van der Waals surface area contributed by atoms with Gasteiger partial charge in [0.2, 0.25) is 0 Å². The fraction of sp³-hybridized carbons (Fsp3) is 0.0909. The first kappa shape index (κ1) is 18.3. The maximum atomic E-state index is 13.0. The Morgan fingerprint density at radius 2 is 1.44 bits per heavy atom. The normalized spacial score (nSPS) is 10.3. The van der Waals surface area contributed by atoms with Crippen molar-refractivity contribution in [1.29, 1.82) is 0 Å². The van der Waals surface area contributed by atoms with Crippen LogP contribution in [0.1, 0.15) is 26.3 Å². The zero-order valence-corrected chi connectivity index (χ0v) is 14.6. The topological polar surface area (TPSA) is 58.2 Å². The van der Waals surface area contributed by atoms with Gasteiger partial charge < -0.3 is 10.6 Å². The number of para-hydroxylation sites is 1. The van der Waals surface area contributed by atoms with Crippen LogP contribution in [-0.4, -0.2) is 18.4 Å². The molecular weight excluding hydrogens is 343 g/mol. The number of amides is 2. The van der Waals surface area contributed by atoms with Crippen molar-refractivity contribution in [3.05, 3.63) is 101 Å². The van der Waals surface area contributed by atoms with Gasteiger partial charge in [-0.25, -0.2) is 4.39 Å². The van der Waals surface area contributed by atoms with E-state index in [-0.39, 0.29) is 5.91 Å². The average Bonchev–Trinajstić information content (AvgIpc) is 2.69. The Balaban J connectivity index is 1.65. The molecule has 3 aromatic carbocycles. The summed E-state index contributed by atoms with van der Waals surface area (Å²) in [7, 11) is 0. The zero-order chi connectivity index (χ0) is 19.1. The van der Waals surface area contributed by atoms with Gasteiger partial charge in [-0.3, -0.25) is 9.59 Å². The summed E-state index contributed by atoms with van der Waals surface area (Å²) in [6.45, 7) is 0.489. The summed E-state index contributed by atoms with van der Waals surface area (Å²) >= 11 is 0. The zero-order valence-electron chi connectivity index (χ0n) is 14.6. The highest BCUT2D eigenvalue weighted by Crippen LogP contribution is 2.16. The van der Waals surface area contributed by atoms with Crippen LogP contribution in [0.3, 0.4) is 0 Å². The Hall–Kier alpha value is -3.47. The lowest BCUT2D eigenvalue weighted by Crippen LogP contribution is -2.27. The van der Waals surface area contributed by atoms with E-state index < -0.39 is 11.7 Å². The standard InChI is InChI=1S/C22H19FN2O2/c23-18-12-10-17(11-13-18)21(26)25-20-9-5-4-8-19(20)22(27)24-15-14-16-6-2-1-3-7-16/h1-13H,14-15H2,(H,24,27)(H,25,26). The molecule has 4 nitrogen and oxygen atoms in total. The van der Waals surface area contributed by atoms with E-state index in [9.17, 15) is 14.0 Å². The number of hydrogen-bond donors (Lipinski definition) is 2. The fourth-order valence-electron chi connectivity index (χ4n) is 2.65. The lowest BCUT2D eigenvalue weighted by molar-refractivity contribution is 0.0955. The second-order valence-electron chi connectivity index (χ2n) is 6.00. The van der Waals surface area contributed by atoms with E-state index in [2.05, 4.69) is 10.6 Å². The smallest absolute Gasteiger partial charge is 0.255 e. The number of carbonyl (C=O) groups excluding carboxylic acids is 2. The highest BCUT2D eigenvalue weighted by Gasteiger charge is 2.14. The van der Waals surface area contributed by atoms with Crippen LogP contribution in [0, 0.1) is 5.82 Å². The van der Waals surface area contributed by atoms with Crippen LogP contribution in [-0.2, 0) is 6.42 Å². The number of carbonyl (C=O) groups is 2. The molecule has 2 N–H and O–H groups in total. The van der Waals surface area contributed by atoms with Gasteiger partial charge in [0.15, 0.2) is 0 Å². The maximum absolute atomic E-state index is 13.0. The molecule has 3 rings (SSSR count). The van der Waals surface area contributed by atoms with Crippen LogP contribution in [0.4, 0.5) is 10.1 Å². The van der Waals surface area contributed by atoms with Gasteiger partial charge in [0.25, 0.3) is 11.8 Å². The molecule has 0 aromatic heterocycles. The predicted octanol–water partition coefficient (Wildman–Crippen LogP) is 4.05. The van der Waals surface area contributed by atoms with Gasteiger partial charge in [-0.05, 0) is 48.4 Å². The fourth-order valence-corrected chi connectivity index (χ4v) is 2.65. The van der Waals surface area contributed by atoms with Crippen molar-refractivity contribution in [3.8, 4) is 0 Å². The number of benzene rings is 3. The van der Waals surface area contributed by atoms with Crippen LogP contribution in [0.25, 0.3) is 0 Å². The third kappa shape index (κ3) is 5.01. The van der Waals surface area contributed by atoms with Gasteiger partial charge in [0.05, 0.1) is 11.3 Å². The summed E-state index contributed by atoms with van der Waals surface area (Å²) in [5.74, 6) is -1.08. The van der Waals surface area contributed by atoms with E-state index >= 15 is 0 Å². The Morgan fingerprint density at radius 1 is 0.778 bits per heavy atom. The number of anilines is 1. The Bertz CT molecular complexity index is 925. The molecule has 0 aliphatic rings. The van der Waals surface area contributed by atoms with Crippen LogP contribution in [0.5, 0.6) is 0 Å². The minimum absolute atomic E-state index is 0.263. The number of rotatable bonds is 6. The molecule has 0 fully saturated rings. The monoisotopic (exact) mass is 362 g/mol. The van der Waals surface area contributed by atoms with Gasteiger partial charge in [-0.15, -0.1) is 0 Å². The molecule has 0 heterocycles. The van der Waals surface area contributed by atoms with Crippen LogP contribution >= 0.6 is 0 Å². The first-order valence-electron chi connectivity index (χ1n) is 8.61. The van der Waals surface area contributed by atoms with Gasteiger partial charge in [-0.1, -0.05) is 42.5 Å². The van der Waals surface area contributed by atoms with Crippen molar-refractivity contribution >= 4 is 17.5 Å². The average molecular weight is 362 g/mol. The Labute approximate surface area is 157 Å². The third-order valence-electron chi connectivity index (χ3n) is 4.07. The molecule has 0 aliphatic carbocycles. The predicted molar refractivity (Wildman–Crippen MR) is 103 cm³/mol. The first-order valence-corrected chi connectivity index (χ1v) is 8.61. The highest BCUT2D eigenvalue weighted by molar-refractivity contribution is 6.08. The number of halogens is 1. The molecule has 3 aromatic rings. The molecule has 2 amide bonds. The summed E-state index contributed by atoms with van der Waals surface area (Å²) in [5.41, 5.74) is 2.23. The summed E-state index contributed by atoms with van der Waals surface area (Å²) in [6.07, 6.45) is 0.719. The van der Waals surface area contributed by atoms with E-state index in [4.69, 9.17) is 0 Å². The maximum Gasteiger partial charge on any atom is 0.255 e. The molecule has 0 spiro atoms. The molecule has 0 atom stereocenters. The number of hydrogen-bond acceptors (Lipinski definition) is 2. The summed E-state index contributed by atoms with van der Waals surface area (Å²) in [4.78, 5) is 24.8. The molecule has 27 heavy (non-hydrogen) atoms. The lowest BCUT2D eigenvalue weighted by atomic mass is 10.1. The van der Waals surface area contributed by atoms with Gasteiger partial charge in [-0.2, -0.15) is 0 Å². The summed E-state index contributed by atoms with van der Waals surface area (Å²) in [5, 5.41) is 5.58. The molecular formula is C22H19FN2O2. The molecule has 0 saturated heterocycles. The molecule has 5 heteroatoms. The SMILES string of the molecule is O=C(Nc1ccccc1C(=O)NCCc1ccccc1)c1ccc(F)cc1. The summed E-state index contributed by atoms with van der Waals surface area (Å²) < 4.78 is 13.0. The van der Waals surface area contributed by atoms with Crippen molar-refractivity contribution in [2.24, 2.45) is 0 Å². The quantitative estimate of drug-likeness (QED) is 0.695. The molecule has 0 unspecified atom stereocenters. The molecule has 136 valence electrons. The second kappa shape index (κ2) is 8.76. The van der Waals surface area contributed by atoms with Gasteiger partial charge in [0.1, 0.15) is 5.82 Å². The van der Waals surface area contributed by atoms with Crippen molar-refractivity contribution < 1.29 is 14.0 Å². The molecule has 0 bridgehead atoms.